The van der Waals surface area contributed by atoms with Crippen LogP contribution in [0.15, 0.2) is 101 Å². The molecule has 0 aliphatic heterocycles. The molecule has 4 aromatic rings. The van der Waals surface area contributed by atoms with Crippen molar-refractivity contribution in [3.63, 3.8) is 0 Å². The first-order valence-corrected chi connectivity index (χ1v) is 15.3. The molecule has 4 rings (SSSR count). The summed E-state index contributed by atoms with van der Waals surface area (Å²) < 4.78 is 68.6. The maximum atomic E-state index is 13.6. The van der Waals surface area contributed by atoms with Crippen molar-refractivity contribution in [2.75, 3.05) is 16.2 Å². The van der Waals surface area contributed by atoms with Gasteiger partial charge >= 0.3 is 6.18 Å². The Labute approximate surface area is 267 Å². The minimum Gasteiger partial charge on any atom is -0.322 e. The molecule has 0 aromatic heterocycles. The Kier molecular flexibility index (Phi) is 10.2. The van der Waals surface area contributed by atoms with Crippen molar-refractivity contribution in [2.45, 2.75) is 24.9 Å². The van der Waals surface area contributed by atoms with Crippen molar-refractivity contribution in [1.82, 2.24) is 5.43 Å². The zero-order valence-corrected chi connectivity index (χ0v) is 26.0. The van der Waals surface area contributed by atoms with Crippen LogP contribution >= 0.6 is 23.2 Å². The molecule has 2 amide bonds. The third kappa shape index (κ3) is 8.41. The number of benzene rings is 4. The number of hydrogen-bond donors (Lipinski definition) is 2. The number of sulfonamides is 1. The van der Waals surface area contributed by atoms with E-state index in [-0.39, 0.29) is 4.90 Å². The minimum atomic E-state index is -4.88. The first-order valence-electron chi connectivity index (χ1n) is 13.1. The minimum absolute atomic E-state index is 0.235. The van der Waals surface area contributed by atoms with Gasteiger partial charge in [-0.15, -0.1) is 0 Å². The Morgan fingerprint density at radius 3 is 2.22 bits per heavy atom. The number of hydrogen-bond acceptors (Lipinski definition) is 5. The zero-order valence-electron chi connectivity index (χ0n) is 23.7. The molecule has 45 heavy (non-hydrogen) atoms. The van der Waals surface area contributed by atoms with Gasteiger partial charge in [-0.2, -0.15) is 18.3 Å². The van der Waals surface area contributed by atoms with E-state index in [2.05, 4.69) is 15.8 Å². The second-order valence-electron chi connectivity index (χ2n) is 9.76. The highest BCUT2D eigenvalue weighted by Gasteiger charge is 2.35. The summed E-state index contributed by atoms with van der Waals surface area (Å²) in [4.78, 5) is 25.4. The van der Waals surface area contributed by atoms with Crippen LogP contribution in [0.5, 0.6) is 0 Å². The van der Waals surface area contributed by atoms with Crippen LogP contribution < -0.4 is 15.0 Å². The van der Waals surface area contributed by atoms with E-state index in [4.69, 9.17) is 23.2 Å². The number of alkyl halides is 3. The fourth-order valence-corrected chi connectivity index (χ4v) is 5.90. The molecule has 14 heteroatoms. The van der Waals surface area contributed by atoms with Crippen molar-refractivity contribution in [2.24, 2.45) is 5.10 Å². The van der Waals surface area contributed by atoms with Gasteiger partial charge in [0.1, 0.15) is 6.54 Å². The summed E-state index contributed by atoms with van der Waals surface area (Å²) in [6.07, 6.45) is -4.88. The van der Waals surface area contributed by atoms with Crippen LogP contribution in [0, 0.1) is 6.92 Å². The van der Waals surface area contributed by atoms with Crippen molar-refractivity contribution >= 4 is 62.1 Å². The predicted octanol–water partition coefficient (Wildman–Crippen LogP) is 7.31. The fourth-order valence-electron chi connectivity index (χ4n) is 4.07. The van der Waals surface area contributed by atoms with Crippen LogP contribution in [-0.2, 0) is 21.0 Å². The summed E-state index contributed by atoms with van der Waals surface area (Å²) in [6, 6.07) is 21.1. The maximum absolute atomic E-state index is 13.6. The molecule has 0 aliphatic carbocycles. The van der Waals surface area contributed by atoms with Gasteiger partial charge in [-0.1, -0.05) is 59.1 Å². The summed E-state index contributed by atoms with van der Waals surface area (Å²) >= 11 is 11.7. The van der Waals surface area contributed by atoms with E-state index >= 15 is 0 Å². The average molecular weight is 678 g/mol. The Bertz CT molecular complexity index is 1880. The Morgan fingerprint density at radius 1 is 0.889 bits per heavy atom. The third-order valence-corrected chi connectivity index (χ3v) is 8.77. The highest BCUT2D eigenvalue weighted by atomic mass is 35.5. The Morgan fingerprint density at radius 2 is 1.56 bits per heavy atom. The van der Waals surface area contributed by atoms with Gasteiger partial charge < -0.3 is 5.32 Å². The Balaban J connectivity index is 1.57. The zero-order chi connectivity index (χ0) is 32.9. The molecule has 8 nitrogen and oxygen atoms in total. The van der Waals surface area contributed by atoms with Gasteiger partial charge in [0.15, 0.2) is 0 Å². The van der Waals surface area contributed by atoms with Crippen LogP contribution in [0.2, 0.25) is 10.0 Å². The van der Waals surface area contributed by atoms with Crippen molar-refractivity contribution in [1.29, 1.82) is 0 Å². The highest BCUT2D eigenvalue weighted by Crippen LogP contribution is 2.38. The molecular weight excluding hydrogens is 652 g/mol. The highest BCUT2D eigenvalue weighted by molar-refractivity contribution is 7.92. The van der Waals surface area contributed by atoms with E-state index in [0.717, 1.165) is 17.7 Å². The largest absolute Gasteiger partial charge is 0.417 e. The second-order valence-corrected chi connectivity index (χ2v) is 12.5. The monoisotopic (exact) mass is 676 g/mol. The lowest BCUT2D eigenvalue weighted by atomic mass is 10.1. The van der Waals surface area contributed by atoms with Gasteiger partial charge in [-0.05, 0) is 80.1 Å². The summed E-state index contributed by atoms with van der Waals surface area (Å²) in [5.41, 5.74) is 2.90. The van der Waals surface area contributed by atoms with E-state index < -0.39 is 50.8 Å². The van der Waals surface area contributed by atoms with Gasteiger partial charge in [0.2, 0.25) is 0 Å². The van der Waals surface area contributed by atoms with Crippen LogP contribution in [0.3, 0.4) is 0 Å². The molecule has 0 unspecified atom stereocenters. The molecule has 0 atom stereocenters. The maximum Gasteiger partial charge on any atom is 0.417 e. The fraction of sp³-hybridized carbons (Fsp3) is 0.129. The standard InChI is InChI=1S/C31H25Cl2F3N4O4S/c1-19-9-12-26(13-10-19)45(43,44)40(25-11-14-28(33)27(17-25)31(34,35)36)18-29(41)39-38-20(2)21-5-4-8-24(16-21)37-30(42)22-6-3-7-23(32)15-22/h3-17H,18H2,1-2H3,(H,37,42)(H,39,41)/b38-20-. The van der Waals surface area contributed by atoms with Crippen LogP contribution in [0.1, 0.15) is 34.0 Å². The smallest absolute Gasteiger partial charge is 0.322 e. The first kappa shape index (κ1) is 33.5. The van der Waals surface area contributed by atoms with Gasteiger partial charge in [0, 0.05) is 16.3 Å². The van der Waals surface area contributed by atoms with Crippen LogP contribution in [0.25, 0.3) is 0 Å². The van der Waals surface area contributed by atoms with Crippen molar-refractivity contribution in [3.8, 4) is 0 Å². The normalized spacial score (nSPS) is 12.0. The number of carbonyl (C=O) groups is 2. The first-order chi connectivity index (χ1) is 21.1. The second kappa shape index (κ2) is 13.7. The number of nitrogens with one attached hydrogen (secondary N) is 2. The summed E-state index contributed by atoms with van der Waals surface area (Å²) in [5.74, 6) is -1.33. The van der Waals surface area contributed by atoms with Gasteiger partial charge in [0.25, 0.3) is 21.8 Å². The number of halogens is 5. The van der Waals surface area contributed by atoms with E-state index in [0.29, 0.717) is 37.9 Å². The summed E-state index contributed by atoms with van der Waals surface area (Å²) in [5, 5.41) is 6.54. The third-order valence-electron chi connectivity index (χ3n) is 6.41. The molecule has 0 bridgehead atoms. The molecule has 4 aromatic carbocycles. The van der Waals surface area contributed by atoms with Crippen LogP contribution in [0.4, 0.5) is 24.5 Å². The van der Waals surface area contributed by atoms with Crippen molar-refractivity contribution in [3.05, 3.63) is 123 Å². The number of rotatable bonds is 9. The molecule has 0 radical (unpaired) electrons. The van der Waals surface area contributed by atoms with E-state index in [1.165, 1.54) is 30.3 Å². The number of hydrazone groups is 1. The molecule has 234 valence electrons. The quantitative estimate of drug-likeness (QED) is 0.143. The van der Waals surface area contributed by atoms with Gasteiger partial charge in [-0.3, -0.25) is 13.9 Å². The molecule has 0 saturated heterocycles. The molecule has 0 heterocycles. The van der Waals surface area contributed by atoms with Crippen LogP contribution in [-0.4, -0.2) is 32.5 Å². The molecule has 0 saturated carbocycles. The molecular formula is C31H25Cl2F3N4O4S. The molecule has 0 spiro atoms. The van der Waals surface area contributed by atoms with E-state index in [9.17, 15) is 31.2 Å². The van der Waals surface area contributed by atoms with E-state index in [1.807, 2.05) is 0 Å². The number of anilines is 2. The summed E-state index contributed by atoms with van der Waals surface area (Å²) in [7, 11) is -4.51. The number of nitrogens with zero attached hydrogens (tertiary/aromatic N) is 2. The lowest BCUT2D eigenvalue weighted by Gasteiger charge is -2.25. The topological polar surface area (TPSA) is 108 Å². The lowest BCUT2D eigenvalue weighted by molar-refractivity contribution is -0.137. The average Bonchev–Trinajstić information content (AvgIpc) is 2.98. The molecule has 0 fully saturated rings. The number of amides is 2. The SMILES string of the molecule is C/C(=N/NC(=O)CN(c1ccc(Cl)c(C(F)(F)F)c1)S(=O)(=O)c1ccc(C)cc1)c1cccc(NC(=O)c2cccc(Cl)c2)c1. The van der Waals surface area contributed by atoms with Gasteiger partial charge in [0.05, 0.1) is 26.9 Å². The van der Waals surface area contributed by atoms with E-state index in [1.54, 1.807) is 56.3 Å². The lowest BCUT2D eigenvalue weighted by Crippen LogP contribution is -2.40. The molecule has 2 N–H and O–H groups in total. The predicted molar refractivity (Wildman–Crippen MR) is 168 cm³/mol. The number of aryl methyl sites for hydroxylation is 1. The van der Waals surface area contributed by atoms with Crippen molar-refractivity contribution < 1.29 is 31.2 Å². The summed E-state index contributed by atoms with van der Waals surface area (Å²) in [6.45, 7) is 2.40. The number of carbonyl (C=O) groups excluding carboxylic acids is 2. The van der Waals surface area contributed by atoms with Gasteiger partial charge in [-0.25, -0.2) is 13.8 Å². The Hall–Kier alpha value is -4.39. The molecule has 0 aliphatic rings.